The van der Waals surface area contributed by atoms with Crippen molar-refractivity contribution in [3.8, 4) is 0 Å². The molecule has 6 nitrogen and oxygen atoms in total. The van der Waals surface area contributed by atoms with Crippen molar-refractivity contribution in [1.82, 2.24) is 0 Å². The summed E-state index contributed by atoms with van der Waals surface area (Å²) in [6.45, 7) is 6.43. The highest BCUT2D eigenvalue weighted by Gasteiger charge is 2.19. The molecule has 0 radical (unpaired) electrons. The van der Waals surface area contributed by atoms with Crippen molar-refractivity contribution >= 4 is 17.9 Å². The molecule has 46 heavy (non-hydrogen) atoms. The van der Waals surface area contributed by atoms with Gasteiger partial charge in [0.2, 0.25) is 0 Å². The quantitative estimate of drug-likeness (QED) is 0.0299. The monoisotopic (exact) mass is 649 g/mol. The van der Waals surface area contributed by atoms with Crippen LogP contribution in [0.4, 0.5) is 0 Å². The van der Waals surface area contributed by atoms with Crippen molar-refractivity contribution in [2.45, 2.75) is 200 Å². The molecule has 0 amide bonds. The molecule has 0 aliphatic carbocycles. The van der Waals surface area contributed by atoms with Gasteiger partial charge in [-0.15, -0.1) is 0 Å². The van der Waals surface area contributed by atoms with Gasteiger partial charge in [0.1, 0.15) is 13.2 Å². The Morgan fingerprint density at radius 3 is 1.30 bits per heavy atom. The van der Waals surface area contributed by atoms with Gasteiger partial charge in [0.15, 0.2) is 6.10 Å². The lowest BCUT2D eigenvalue weighted by molar-refractivity contribution is -0.167. The molecule has 0 rings (SSSR count). The van der Waals surface area contributed by atoms with E-state index in [4.69, 9.17) is 14.2 Å². The fourth-order valence-corrected chi connectivity index (χ4v) is 5.30. The Bertz CT molecular complexity index is 759. The molecule has 0 aliphatic rings. The number of carbonyl (C=O) groups excluding carboxylic acids is 3. The molecule has 0 spiro atoms. The van der Waals surface area contributed by atoms with E-state index in [-0.39, 0.29) is 31.1 Å². The smallest absolute Gasteiger partial charge is 0.306 e. The lowest BCUT2D eigenvalue weighted by atomic mass is 10.1. The number of carbonyl (C=O) groups is 3. The highest BCUT2D eigenvalue weighted by molar-refractivity contribution is 5.71. The molecular weight excluding hydrogens is 576 g/mol. The third-order valence-corrected chi connectivity index (χ3v) is 8.22. The molecule has 0 saturated carbocycles. The van der Waals surface area contributed by atoms with Gasteiger partial charge < -0.3 is 14.2 Å². The fraction of sp³-hybridized carbons (Fsp3) is 0.825. The van der Waals surface area contributed by atoms with E-state index in [1.165, 1.54) is 83.5 Å². The van der Waals surface area contributed by atoms with Crippen LogP contribution in [0.25, 0.3) is 0 Å². The fourth-order valence-electron chi connectivity index (χ4n) is 5.30. The maximum absolute atomic E-state index is 12.5. The van der Waals surface area contributed by atoms with Crippen LogP contribution >= 0.6 is 0 Å². The third kappa shape index (κ3) is 33.3. The first-order valence-corrected chi connectivity index (χ1v) is 19.3. The van der Waals surface area contributed by atoms with Gasteiger partial charge in [0, 0.05) is 19.3 Å². The van der Waals surface area contributed by atoms with Gasteiger partial charge in [-0.3, -0.25) is 14.4 Å². The van der Waals surface area contributed by atoms with Crippen molar-refractivity contribution in [2.24, 2.45) is 0 Å². The van der Waals surface area contributed by atoms with Gasteiger partial charge in [0.25, 0.3) is 0 Å². The number of allylic oxidation sites excluding steroid dienone is 4. The summed E-state index contributed by atoms with van der Waals surface area (Å²) in [6, 6.07) is 0. The van der Waals surface area contributed by atoms with Crippen LogP contribution in [0.1, 0.15) is 194 Å². The van der Waals surface area contributed by atoms with Gasteiger partial charge in [0.05, 0.1) is 0 Å². The number of unbranched alkanes of at least 4 members (excludes halogenated alkanes) is 19. The highest BCUT2D eigenvalue weighted by atomic mass is 16.6. The van der Waals surface area contributed by atoms with Crippen LogP contribution in [0.3, 0.4) is 0 Å². The van der Waals surface area contributed by atoms with E-state index < -0.39 is 6.10 Å². The lowest BCUT2D eigenvalue weighted by Gasteiger charge is -2.18. The average Bonchev–Trinajstić information content (AvgIpc) is 3.05. The summed E-state index contributed by atoms with van der Waals surface area (Å²) < 4.78 is 16.5. The molecule has 0 fully saturated rings. The maximum Gasteiger partial charge on any atom is 0.306 e. The van der Waals surface area contributed by atoms with E-state index in [0.717, 1.165) is 70.6 Å². The van der Waals surface area contributed by atoms with Crippen molar-refractivity contribution in [1.29, 1.82) is 0 Å². The number of hydrogen-bond donors (Lipinski definition) is 0. The van der Waals surface area contributed by atoms with E-state index in [1.807, 2.05) is 0 Å². The second kappa shape index (κ2) is 35.7. The Morgan fingerprint density at radius 1 is 0.457 bits per heavy atom. The Morgan fingerprint density at radius 2 is 0.848 bits per heavy atom. The Hall–Kier alpha value is -2.11. The van der Waals surface area contributed by atoms with Crippen molar-refractivity contribution in [3.05, 3.63) is 24.3 Å². The van der Waals surface area contributed by atoms with Crippen LogP contribution in [-0.2, 0) is 28.6 Å². The zero-order valence-corrected chi connectivity index (χ0v) is 30.3. The zero-order valence-electron chi connectivity index (χ0n) is 30.3. The van der Waals surface area contributed by atoms with Crippen molar-refractivity contribution in [2.75, 3.05) is 13.2 Å². The second-order valence-electron chi connectivity index (χ2n) is 12.8. The van der Waals surface area contributed by atoms with Crippen LogP contribution in [0.15, 0.2) is 24.3 Å². The van der Waals surface area contributed by atoms with Crippen LogP contribution < -0.4 is 0 Å². The molecule has 6 heteroatoms. The normalized spacial score (nSPS) is 12.2. The van der Waals surface area contributed by atoms with Crippen LogP contribution in [0.2, 0.25) is 0 Å². The lowest BCUT2D eigenvalue weighted by Crippen LogP contribution is -2.30. The molecule has 0 aromatic heterocycles. The van der Waals surface area contributed by atoms with E-state index in [9.17, 15) is 14.4 Å². The van der Waals surface area contributed by atoms with Crippen molar-refractivity contribution < 1.29 is 28.6 Å². The summed E-state index contributed by atoms with van der Waals surface area (Å²) in [5.74, 6) is -0.927. The first-order valence-electron chi connectivity index (χ1n) is 19.3. The predicted molar refractivity (Wildman–Crippen MR) is 192 cm³/mol. The largest absolute Gasteiger partial charge is 0.462 e. The van der Waals surface area contributed by atoms with Gasteiger partial charge in [-0.1, -0.05) is 154 Å². The first-order chi connectivity index (χ1) is 22.5. The third-order valence-electron chi connectivity index (χ3n) is 8.22. The first kappa shape index (κ1) is 43.9. The number of hydrogen-bond acceptors (Lipinski definition) is 6. The van der Waals surface area contributed by atoms with Crippen LogP contribution in [0.5, 0.6) is 0 Å². The minimum absolute atomic E-state index is 0.0817. The average molecular weight is 649 g/mol. The molecule has 1 unspecified atom stereocenters. The van der Waals surface area contributed by atoms with E-state index in [2.05, 4.69) is 45.1 Å². The number of ether oxygens (including phenoxy) is 3. The van der Waals surface area contributed by atoms with Crippen LogP contribution in [0, 0.1) is 0 Å². The summed E-state index contributed by atoms with van der Waals surface area (Å²) in [4.78, 5) is 37.3. The molecule has 268 valence electrons. The molecule has 0 N–H and O–H groups in total. The summed E-state index contributed by atoms with van der Waals surface area (Å²) in [7, 11) is 0. The number of esters is 3. The maximum atomic E-state index is 12.5. The molecule has 0 aromatic rings. The molecule has 0 saturated heterocycles. The van der Waals surface area contributed by atoms with Gasteiger partial charge in [-0.2, -0.15) is 0 Å². The standard InChI is InChI=1S/C40H72O6/c1-4-7-10-13-16-19-22-24-27-30-33-39(42)45-36-37(46-40(43)34-31-28-25-21-18-15-12-9-6-3)35-44-38(41)32-29-26-23-20-17-14-11-8-5-2/h9,12,18,21,37H,4-8,10-11,13-17,19-20,22-36H2,1-3H3/b12-9-,21-18-. The van der Waals surface area contributed by atoms with Gasteiger partial charge in [-0.05, 0) is 44.9 Å². The van der Waals surface area contributed by atoms with Crippen LogP contribution in [-0.4, -0.2) is 37.2 Å². The predicted octanol–water partition coefficient (Wildman–Crippen LogP) is 11.7. The molecule has 0 heterocycles. The topological polar surface area (TPSA) is 78.9 Å². The summed E-state index contributed by atoms with van der Waals surface area (Å²) in [5, 5.41) is 0. The van der Waals surface area contributed by atoms with E-state index in [0.29, 0.717) is 19.3 Å². The molecule has 0 bridgehead atoms. The van der Waals surface area contributed by atoms with Gasteiger partial charge in [-0.25, -0.2) is 0 Å². The SMILES string of the molecule is CC/C=C\C/C=C\CCCCC(=O)OC(COC(=O)CCCCCCCCCCC)COC(=O)CCCCCCCCCCCC. The minimum Gasteiger partial charge on any atom is -0.462 e. The Labute approximate surface area is 283 Å². The van der Waals surface area contributed by atoms with E-state index in [1.54, 1.807) is 0 Å². The second-order valence-corrected chi connectivity index (χ2v) is 12.8. The van der Waals surface area contributed by atoms with Crippen molar-refractivity contribution in [3.63, 3.8) is 0 Å². The molecule has 0 aliphatic heterocycles. The Kier molecular flexibility index (Phi) is 34.1. The van der Waals surface area contributed by atoms with E-state index >= 15 is 0 Å². The zero-order chi connectivity index (χ0) is 33.8. The number of rotatable bonds is 34. The summed E-state index contributed by atoms with van der Waals surface area (Å²) in [6.07, 6.45) is 36.0. The molecular formula is C40H72O6. The summed E-state index contributed by atoms with van der Waals surface area (Å²) >= 11 is 0. The van der Waals surface area contributed by atoms with Gasteiger partial charge >= 0.3 is 17.9 Å². The highest BCUT2D eigenvalue weighted by Crippen LogP contribution is 2.13. The molecule has 1 atom stereocenters. The molecule has 0 aromatic carbocycles. The minimum atomic E-state index is -0.776. The summed E-state index contributed by atoms with van der Waals surface area (Å²) in [5.41, 5.74) is 0. The Balaban J connectivity index is 4.40.